The zero-order valence-corrected chi connectivity index (χ0v) is 4.94. The van der Waals surface area contributed by atoms with Crippen LogP contribution in [0.1, 0.15) is 6.92 Å². The van der Waals surface area contributed by atoms with Crippen molar-refractivity contribution in [2.24, 2.45) is 5.73 Å². The SMILES string of the molecule is CC(N)C(=O)O.O=CO. The molecule has 0 bridgehead atoms. The molecule has 0 amide bonds. The predicted octanol–water partition coefficient (Wildman–Crippen LogP) is -0.881. The van der Waals surface area contributed by atoms with Gasteiger partial charge in [-0.3, -0.25) is 9.59 Å². The van der Waals surface area contributed by atoms with Crippen LogP contribution in [0.2, 0.25) is 0 Å². The monoisotopic (exact) mass is 135 g/mol. The molecule has 0 aliphatic carbocycles. The number of rotatable bonds is 1. The Morgan fingerprint density at radius 3 is 1.89 bits per heavy atom. The fourth-order valence-corrected chi connectivity index (χ4v) is 0. The highest BCUT2D eigenvalue weighted by molar-refractivity contribution is 5.72. The molecule has 9 heavy (non-hydrogen) atoms. The highest BCUT2D eigenvalue weighted by atomic mass is 16.4. The smallest absolute Gasteiger partial charge is 0.320 e. The number of carbonyl (C=O) groups is 2. The molecule has 0 saturated carbocycles. The second-order valence-corrected chi connectivity index (χ2v) is 1.23. The maximum Gasteiger partial charge on any atom is 0.320 e. The average Bonchev–Trinajstić information content (AvgIpc) is 1.68. The van der Waals surface area contributed by atoms with Crippen LogP contribution in [0.15, 0.2) is 0 Å². The first-order valence-electron chi connectivity index (χ1n) is 2.12. The molecular weight excluding hydrogens is 126 g/mol. The summed E-state index contributed by atoms with van der Waals surface area (Å²) in [4.78, 5) is 17.9. The quantitative estimate of drug-likeness (QED) is 0.405. The number of carboxylic acid groups (broad SMARTS) is 2. The average molecular weight is 135 g/mol. The normalized spacial score (nSPS) is 10.4. The third-order valence-corrected chi connectivity index (χ3v) is 0.390. The van der Waals surface area contributed by atoms with E-state index in [1.54, 1.807) is 0 Å². The van der Waals surface area contributed by atoms with E-state index < -0.39 is 12.0 Å². The summed E-state index contributed by atoms with van der Waals surface area (Å²) in [5, 5.41) is 14.8. The van der Waals surface area contributed by atoms with E-state index >= 15 is 0 Å². The van der Waals surface area contributed by atoms with Crippen LogP contribution >= 0.6 is 0 Å². The van der Waals surface area contributed by atoms with Crippen molar-refractivity contribution in [3.05, 3.63) is 0 Å². The molecule has 5 nitrogen and oxygen atoms in total. The van der Waals surface area contributed by atoms with Crippen LogP contribution in [0.5, 0.6) is 0 Å². The lowest BCUT2D eigenvalue weighted by Crippen LogP contribution is -2.25. The second kappa shape index (κ2) is 6.90. The maximum absolute atomic E-state index is 9.57. The fourth-order valence-electron chi connectivity index (χ4n) is 0. The van der Waals surface area contributed by atoms with Gasteiger partial charge in [-0.05, 0) is 6.92 Å². The van der Waals surface area contributed by atoms with E-state index in [0.717, 1.165) is 0 Å². The number of hydrogen-bond acceptors (Lipinski definition) is 3. The summed E-state index contributed by atoms with van der Waals surface area (Å²) < 4.78 is 0. The van der Waals surface area contributed by atoms with Crippen LogP contribution in [0.25, 0.3) is 0 Å². The molecular formula is C4H9NO4. The topological polar surface area (TPSA) is 101 Å². The third-order valence-electron chi connectivity index (χ3n) is 0.390. The van der Waals surface area contributed by atoms with Crippen molar-refractivity contribution in [3.8, 4) is 0 Å². The zero-order valence-electron chi connectivity index (χ0n) is 4.94. The Morgan fingerprint density at radius 1 is 1.78 bits per heavy atom. The molecule has 0 heterocycles. The Balaban J connectivity index is 0. The van der Waals surface area contributed by atoms with Gasteiger partial charge >= 0.3 is 5.97 Å². The lowest BCUT2D eigenvalue weighted by atomic mass is 10.4. The molecule has 0 aliphatic rings. The van der Waals surface area contributed by atoms with Gasteiger partial charge in [0, 0.05) is 0 Å². The predicted molar refractivity (Wildman–Crippen MR) is 30.0 cm³/mol. The molecule has 4 N–H and O–H groups in total. The zero-order chi connectivity index (χ0) is 7.86. The van der Waals surface area contributed by atoms with Gasteiger partial charge in [0.2, 0.25) is 0 Å². The summed E-state index contributed by atoms with van der Waals surface area (Å²) in [5.41, 5.74) is 4.84. The number of hydrogen-bond donors (Lipinski definition) is 3. The lowest BCUT2D eigenvalue weighted by molar-refractivity contribution is -0.138. The molecule has 0 spiro atoms. The molecule has 1 atom stereocenters. The number of nitrogens with two attached hydrogens (primary N) is 1. The highest BCUT2D eigenvalue weighted by Crippen LogP contribution is 1.68. The minimum absolute atomic E-state index is 0.250. The van der Waals surface area contributed by atoms with Crippen molar-refractivity contribution in [3.63, 3.8) is 0 Å². The molecule has 1 unspecified atom stereocenters. The third kappa shape index (κ3) is 19.7. The van der Waals surface area contributed by atoms with Crippen LogP contribution in [0, 0.1) is 0 Å². The molecule has 0 saturated heterocycles. The Kier molecular flexibility index (Phi) is 8.28. The molecule has 54 valence electrons. The molecule has 0 aromatic heterocycles. The summed E-state index contributed by atoms with van der Waals surface area (Å²) in [6.45, 7) is 1.17. The molecule has 5 heteroatoms. The highest BCUT2D eigenvalue weighted by Gasteiger charge is 1.99. The van der Waals surface area contributed by atoms with Crippen molar-refractivity contribution in [1.29, 1.82) is 0 Å². The van der Waals surface area contributed by atoms with Gasteiger partial charge in [0.15, 0.2) is 0 Å². The van der Waals surface area contributed by atoms with E-state index in [9.17, 15) is 4.79 Å². The number of carboxylic acids is 1. The van der Waals surface area contributed by atoms with E-state index in [1.165, 1.54) is 6.92 Å². The van der Waals surface area contributed by atoms with Crippen molar-refractivity contribution < 1.29 is 19.8 Å². The van der Waals surface area contributed by atoms with Crippen LogP contribution in [0.3, 0.4) is 0 Å². The molecule has 0 aromatic rings. The van der Waals surface area contributed by atoms with Gasteiger partial charge in [0.25, 0.3) is 6.47 Å². The summed E-state index contributed by atoms with van der Waals surface area (Å²) >= 11 is 0. The van der Waals surface area contributed by atoms with E-state index in [4.69, 9.17) is 20.7 Å². The van der Waals surface area contributed by atoms with Crippen molar-refractivity contribution in [2.75, 3.05) is 0 Å². The number of aliphatic carboxylic acids is 1. The first kappa shape index (κ1) is 10.8. The van der Waals surface area contributed by atoms with E-state index in [2.05, 4.69) is 0 Å². The van der Waals surface area contributed by atoms with Crippen LogP contribution < -0.4 is 5.73 Å². The van der Waals surface area contributed by atoms with Gasteiger partial charge in [0.05, 0.1) is 0 Å². The largest absolute Gasteiger partial charge is 0.483 e. The van der Waals surface area contributed by atoms with Crippen LogP contribution in [-0.2, 0) is 9.59 Å². The summed E-state index contributed by atoms with van der Waals surface area (Å²) in [6.07, 6.45) is 0. The van der Waals surface area contributed by atoms with Crippen molar-refractivity contribution in [2.45, 2.75) is 13.0 Å². The van der Waals surface area contributed by atoms with Gasteiger partial charge in [-0.25, -0.2) is 0 Å². The Labute approximate surface area is 52.1 Å². The van der Waals surface area contributed by atoms with Crippen molar-refractivity contribution in [1.82, 2.24) is 0 Å². The van der Waals surface area contributed by atoms with Gasteiger partial charge < -0.3 is 15.9 Å². The summed E-state index contributed by atoms with van der Waals surface area (Å²) in [7, 11) is 0. The minimum Gasteiger partial charge on any atom is -0.483 e. The van der Waals surface area contributed by atoms with Crippen LogP contribution in [-0.4, -0.2) is 28.7 Å². The Bertz CT molecular complexity index is 90.6. The molecule has 0 aliphatic heterocycles. The molecule has 0 aromatic carbocycles. The summed E-state index contributed by atoms with van der Waals surface area (Å²) in [5.74, 6) is -0.963. The lowest BCUT2D eigenvalue weighted by Gasteiger charge is -1.90. The van der Waals surface area contributed by atoms with E-state index in [0.29, 0.717) is 0 Å². The van der Waals surface area contributed by atoms with E-state index in [-0.39, 0.29) is 6.47 Å². The molecule has 0 radical (unpaired) electrons. The van der Waals surface area contributed by atoms with Gasteiger partial charge in [-0.1, -0.05) is 0 Å². The van der Waals surface area contributed by atoms with Crippen LogP contribution in [0.4, 0.5) is 0 Å². The van der Waals surface area contributed by atoms with Gasteiger partial charge in [-0.15, -0.1) is 0 Å². The Morgan fingerprint density at radius 2 is 1.89 bits per heavy atom. The Hall–Kier alpha value is -1.10. The minimum atomic E-state index is -0.963. The fraction of sp³-hybridized carbons (Fsp3) is 0.500. The standard InChI is InChI=1S/C3H7NO2.CH2O2/c1-2(4)3(5)6;2-1-3/h2H,4H2,1H3,(H,5,6);1H,(H,2,3). The first-order chi connectivity index (χ1) is 4.06. The molecule has 0 fully saturated rings. The maximum atomic E-state index is 9.57. The first-order valence-corrected chi connectivity index (χ1v) is 2.12. The van der Waals surface area contributed by atoms with E-state index in [1.807, 2.05) is 0 Å². The van der Waals surface area contributed by atoms with Crippen molar-refractivity contribution >= 4 is 12.4 Å². The van der Waals surface area contributed by atoms with Gasteiger partial charge in [-0.2, -0.15) is 0 Å². The molecule has 0 rings (SSSR count). The second-order valence-electron chi connectivity index (χ2n) is 1.23. The van der Waals surface area contributed by atoms with Gasteiger partial charge in [0.1, 0.15) is 6.04 Å². The summed E-state index contributed by atoms with van der Waals surface area (Å²) in [6, 6.07) is -0.731.